The predicted molar refractivity (Wildman–Crippen MR) is 84.5 cm³/mol. The Labute approximate surface area is 129 Å². The van der Waals surface area contributed by atoms with E-state index in [4.69, 9.17) is 16.4 Å². The highest BCUT2D eigenvalue weighted by Gasteiger charge is 2.09. The van der Waals surface area contributed by atoms with Crippen LogP contribution >= 0.6 is 11.6 Å². The van der Waals surface area contributed by atoms with Gasteiger partial charge in [-0.05, 0) is 18.6 Å². The first-order chi connectivity index (χ1) is 10.2. The Morgan fingerprint density at radius 2 is 1.67 bits per heavy atom. The first-order valence-electron chi connectivity index (χ1n) is 6.80. The summed E-state index contributed by atoms with van der Waals surface area (Å²) < 4.78 is 0. The Balaban J connectivity index is 2.33. The molecule has 0 fully saturated rings. The van der Waals surface area contributed by atoms with Gasteiger partial charge in [-0.25, -0.2) is 4.79 Å². The topological polar surface area (TPSA) is 38.7 Å². The molecule has 2 rings (SSSR count). The van der Waals surface area contributed by atoms with E-state index in [1.165, 1.54) is 0 Å². The third kappa shape index (κ3) is 4.43. The third-order valence-electron chi connectivity index (χ3n) is 2.86. The molecule has 0 aromatic heterocycles. The third-order valence-corrected chi connectivity index (χ3v) is 3.11. The van der Waals surface area contributed by atoms with Gasteiger partial charge in [0.15, 0.2) is 0 Å². The number of benzene rings is 2. The van der Waals surface area contributed by atoms with E-state index in [9.17, 15) is 4.79 Å². The lowest BCUT2D eigenvalue weighted by atomic mass is 10.0. The van der Waals surface area contributed by atoms with Crippen LogP contribution in [0.4, 0.5) is 0 Å². The molecule has 21 heavy (non-hydrogen) atoms. The summed E-state index contributed by atoms with van der Waals surface area (Å²) in [6, 6.07) is 16.8. The van der Waals surface area contributed by atoms with E-state index in [-0.39, 0.29) is 5.97 Å². The summed E-state index contributed by atoms with van der Waals surface area (Å²) in [5, 5.41) is 4.68. The number of carbonyl (C=O) groups excluding carboxylic acids is 1. The fraction of sp³-hybridized carbons (Fsp3) is 0.176. The molecule has 0 N–H and O–H groups in total. The number of carbonyl (C=O) groups is 1. The molecule has 0 bridgehead atoms. The Bertz CT molecular complexity index is 621. The Morgan fingerprint density at radius 1 is 1.05 bits per heavy atom. The van der Waals surface area contributed by atoms with Gasteiger partial charge in [0.25, 0.3) is 0 Å². The van der Waals surface area contributed by atoms with Crippen LogP contribution in [0, 0.1) is 0 Å². The van der Waals surface area contributed by atoms with Crippen LogP contribution in [0.1, 0.15) is 30.9 Å². The molecule has 2 aromatic rings. The number of rotatable bonds is 5. The fourth-order valence-electron chi connectivity index (χ4n) is 1.82. The number of hydrogen-bond donors (Lipinski definition) is 0. The average molecular weight is 302 g/mol. The molecule has 0 aliphatic carbocycles. The van der Waals surface area contributed by atoms with Crippen LogP contribution in [0.15, 0.2) is 59.8 Å². The largest absolute Gasteiger partial charge is 0.335 e. The van der Waals surface area contributed by atoms with Crippen molar-refractivity contribution in [1.82, 2.24) is 0 Å². The second-order valence-electron chi connectivity index (χ2n) is 4.53. The van der Waals surface area contributed by atoms with Crippen molar-refractivity contribution in [1.29, 1.82) is 0 Å². The maximum atomic E-state index is 11.5. The van der Waals surface area contributed by atoms with Crippen molar-refractivity contribution in [2.75, 3.05) is 0 Å². The van der Waals surface area contributed by atoms with Crippen LogP contribution in [0.5, 0.6) is 0 Å². The molecule has 0 saturated carbocycles. The zero-order valence-corrected chi connectivity index (χ0v) is 12.5. The van der Waals surface area contributed by atoms with Crippen LogP contribution in [0.3, 0.4) is 0 Å². The van der Waals surface area contributed by atoms with E-state index in [1.807, 2.05) is 49.4 Å². The number of oxime groups is 1. The van der Waals surface area contributed by atoms with Crippen molar-refractivity contribution in [3.63, 3.8) is 0 Å². The smallest absolute Gasteiger partial charge is 0.318 e. The lowest BCUT2D eigenvalue weighted by Crippen LogP contribution is -2.07. The maximum Gasteiger partial charge on any atom is 0.335 e. The summed E-state index contributed by atoms with van der Waals surface area (Å²) in [5.74, 6) is -0.333. The summed E-state index contributed by atoms with van der Waals surface area (Å²) in [4.78, 5) is 16.5. The van der Waals surface area contributed by atoms with Gasteiger partial charge < -0.3 is 4.84 Å². The molecule has 2 aromatic carbocycles. The summed E-state index contributed by atoms with van der Waals surface area (Å²) in [7, 11) is 0. The van der Waals surface area contributed by atoms with E-state index < -0.39 is 0 Å². The standard InChI is InChI=1S/C17H16ClNO2/c1-2-6-16(20)21-19-17(13-7-4-3-5-8-13)14-9-11-15(18)12-10-14/h3-5,7-12H,2,6H2,1H3/b19-17+. The maximum absolute atomic E-state index is 11.5. The number of hydrogen-bond acceptors (Lipinski definition) is 3. The van der Waals surface area contributed by atoms with E-state index in [1.54, 1.807) is 12.1 Å². The highest BCUT2D eigenvalue weighted by atomic mass is 35.5. The molecule has 0 heterocycles. The molecular weight excluding hydrogens is 286 g/mol. The zero-order valence-electron chi connectivity index (χ0n) is 11.8. The van der Waals surface area contributed by atoms with Crippen molar-refractivity contribution in [3.05, 3.63) is 70.7 Å². The van der Waals surface area contributed by atoms with Gasteiger partial charge in [-0.15, -0.1) is 0 Å². The minimum atomic E-state index is -0.333. The van der Waals surface area contributed by atoms with Gasteiger partial charge >= 0.3 is 5.97 Å². The SMILES string of the molecule is CCCC(=O)O/N=C(\c1ccccc1)c1ccc(Cl)cc1. The normalized spacial score (nSPS) is 11.2. The lowest BCUT2D eigenvalue weighted by Gasteiger charge is -2.07. The molecule has 0 unspecified atom stereocenters. The number of halogens is 1. The molecule has 0 atom stereocenters. The van der Waals surface area contributed by atoms with Crippen molar-refractivity contribution in [2.45, 2.75) is 19.8 Å². The van der Waals surface area contributed by atoms with Gasteiger partial charge in [0, 0.05) is 22.6 Å². The second kappa shape index (κ2) is 7.60. The molecule has 0 radical (unpaired) electrons. The molecule has 3 nitrogen and oxygen atoms in total. The molecule has 0 amide bonds. The Hall–Kier alpha value is -2.13. The van der Waals surface area contributed by atoms with Crippen LogP contribution < -0.4 is 0 Å². The Kier molecular flexibility index (Phi) is 5.52. The van der Waals surface area contributed by atoms with E-state index in [0.717, 1.165) is 17.5 Å². The van der Waals surface area contributed by atoms with Crippen LogP contribution in [0.25, 0.3) is 0 Å². The van der Waals surface area contributed by atoms with E-state index in [0.29, 0.717) is 17.2 Å². The monoisotopic (exact) mass is 301 g/mol. The van der Waals surface area contributed by atoms with E-state index in [2.05, 4.69) is 5.16 Å². The van der Waals surface area contributed by atoms with Crippen molar-refractivity contribution in [3.8, 4) is 0 Å². The quantitative estimate of drug-likeness (QED) is 0.465. The average Bonchev–Trinajstić information content (AvgIpc) is 2.50. The molecule has 0 spiro atoms. The minimum absolute atomic E-state index is 0.333. The zero-order chi connectivity index (χ0) is 15.1. The van der Waals surface area contributed by atoms with Gasteiger partial charge in [-0.2, -0.15) is 0 Å². The van der Waals surface area contributed by atoms with E-state index >= 15 is 0 Å². The highest BCUT2D eigenvalue weighted by molar-refractivity contribution is 6.30. The van der Waals surface area contributed by atoms with Gasteiger partial charge in [-0.3, -0.25) is 0 Å². The van der Waals surface area contributed by atoms with Crippen molar-refractivity contribution < 1.29 is 9.63 Å². The first-order valence-corrected chi connectivity index (χ1v) is 7.17. The molecular formula is C17H16ClNO2. The second-order valence-corrected chi connectivity index (χ2v) is 4.96. The summed E-state index contributed by atoms with van der Waals surface area (Å²) in [6.07, 6.45) is 1.09. The molecule has 0 aliphatic heterocycles. The highest BCUT2D eigenvalue weighted by Crippen LogP contribution is 2.15. The van der Waals surface area contributed by atoms with Crippen LogP contribution in [-0.4, -0.2) is 11.7 Å². The van der Waals surface area contributed by atoms with Crippen molar-refractivity contribution in [2.24, 2.45) is 5.16 Å². The summed E-state index contributed by atoms with van der Waals surface area (Å²) in [5.41, 5.74) is 2.33. The van der Waals surface area contributed by atoms with Crippen molar-refractivity contribution >= 4 is 23.3 Å². The van der Waals surface area contributed by atoms with Gasteiger partial charge in [0.1, 0.15) is 5.71 Å². The summed E-state index contributed by atoms with van der Waals surface area (Å²) >= 11 is 5.91. The fourth-order valence-corrected chi connectivity index (χ4v) is 1.95. The molecule has 108 valence electrons. The molecule has 4 heteroatoms. The minimum Gasteiger partial charge on any atom is -0.318 e. The number of nitrogens with zero attached hydrogens (tertiary/aromatic N) is 1. The van der Waals surface area contributed by atoms with Gasteiger partial charge in [0.05, 0.1) is 0 Å². The Morgan fingerprint density at radius 3 is 2.29 bits per heavy atom. The predicted octanol–water partition coefficient (Wildman–Crippen LogP) is 4.44. The van der Waals surface area contributed by atoms with Crippen LogP contribution in [-0.2, 0) is 9.63 Å². The van der Waals surface area contributed by atoms with Gasteiger partial charge in [-0.1, -0.05) is 66.1 Å². The lowest BCUT2D eigenvalue weighted by molar-refractivity contribution is -0.143. The van der Waals surface area contributed by atoms with Gasteiger partial charge in [0.2, 0.25) is 0 Å². The first kappa shape index (κ1) is 15.3. The molecule has 0 saturated heterocycles. The summed E-state index contributed by atoms with van der Waals surface area (Å²) in [6.45, 7) is 1.92. The van der Waals surface area contributed by atoms with Crippen LogP contribution in [0.2, 0.25) is 5.02 Å². The molecule has 0 aliphatic rings.